The zero-order valence-corrected chi connectivity index (χ0v) is 21.7. The average Bonchev–Trinajstić information content (AvgIpc) is 3.43. The van der Waals surface area contributed by atoms with E-state index in [2.05, 4.69) is 106 Å². The number of halogens is 1. The first-order valence-corrected chi connectivity index (χ1v) is 13.2. The minimum atomic E-state index is 0.174. The quantitative estimate of drug-likeness (QED) is 0.250. The van der Waals surface area contributed by atoms with Crippen molar-refractivity contribution in [3.8, 4) is 22.6 Å². The lowest BCUT2D eigenvalue weighted by atomic mass is 9.76. The van der Waals surface area contributed by atoms with Gasteiger partial charge < -0.3 is 14.8 Å². The van der Waals surface area contributed by atoms with Crippen LogP contribution in [0.4, 0.5) is 5.69 Å². The number of allylic oxidation sites excluding steroid dienone is 2. The molecule has 0 fully saturated rings. The van der Waals surface area contributed by atoms with Crippen LogP contribution in [0.5, 0.6) is 11.5 Å². The van der Waals surface area contributed by atoms with Crippen LogP contribution in [0.15, 0.2) is 108 Å². The van der Waals surface area contributed by atoms with Crippen molar-refractivity contribution in [1.29, 1.82) is 0 Å². The first kappa shape index (κ1) is 22.9. The van der Waals surface area contributed by atoms with Gasteiger partial charge in [-0.3, -0.25) is 0 Å². The minimum Gasteiger partial charge on any atom is -0.493 e. The fraction of sp³-hybridized carbons (Fsp3) is 0.188. The Labute approximate surface area is 220 Å². The van der Waals surface area contributed by atoms with Gasteiger partial charge in [-0.05, 0) is 80.4 Å². The van der Waals surface area contributed by atoms with Crippen LogP contribution in [-0.2, 0) is 6.61 Å². The van der Waals surface area contributed by atoms with Crippen LogP contribution in [0, 0.1) is 5.92 Å². The van der Waals surface area contributed by atoms with Crippen molar-refractivity contribution in [2.45, 2.75) is 25.0 Å². The molecule has 0 spiro atoms. The zero-order valence-electron chi connectivity index (χ0n) is 20.2. The Morgan fingerprint density at radius 1 is 0.889 bits per heavy atom. The SMILES string of the molecule is COc1cc([C@@H]2Nc3ccc(-c4ccccc4)cc3[C@H]3C=CC[C@@H]32)cc(Br)c1OCc1ccccc1. The summed E-state index contributed by atoms with van der Waals surface area (Å²) in [7, 11) is 1.70. The first-order chi connectivity index (χ1) is 17.7. The molecule has 2 aliphatic rings. The van der Waals surface area contributed by atoms with Crippen molar-refractivity contribution in [1.82, 2.24) is 0 Å². The lowest BCUT2D eigenvalue weighted by Gasteiger charge is -2.38. The van der Waals surface area contributed by atoms with Gasteiger partial charge in [-0.25, -0.2) is 0 Å². The Kier molecular flexibility index (Phi) is 6.28. The molecule has 0 radical (unpaired) electrons. The molecule has 0 amide bonds. The lowest BCUT2D eigenvalue weighted by Crippen LogP contribution is -2.29. The molecular weight excluding hydrogens is 510 g/mol. The third-order valence-corrected chi connectivity index (χ3v) is 7.90. The van der Waals surface area contributed by atoms with Crippen LogP contribution in [0.2, 0.25) is 0 Å². The maximum Gasteiger partial charge on any atom is 0.175 e. The van der Waals surface area contributed by atoms with Gasteiger partial charge >= 0.3 is 0 Å². The van der Waals surface area contributed by atoms with E-state index in [1.54, 1.807) is 7.11 Å². The third kappa shape index (κ3) is 4.31. The van der Waals surface area contributed by atoms with Crippen molar-refractivity contribution < 1.29 is 9.47 Å². The molecule has 0 bridgehead atoms. The number of ether oxygens (including phenoxy) is 2. The molecule has 1 N–H and O–H groups in total. The average molecular weight is 538 g/mol. The maximum absolute atomic E-state index is 6.18. The molecule has 36 heavy (non-hydrogen) atoms. The molecule has 1 aliphatic carbocycles. The van der Waals surface area contributed by atoms with E-state index < -0.39 is 0 Å². The molecule has 3 atom stereocenters. The van der Waals surface area contributed by atoms with Crippen molar-refractivity contribution in [3.63, 3.8) is 0 Å². The van der Waals surface area contributed by atoms with Gasteiger partial charge in [-0.2, -0.15) is 0 Å². The highest BCUT2D eigenvalue weighted by Gasteiger charge is 2.38. The summed E-state index contributed by atoms with van der Waals surface area (Å²) in [6.45, 7) is 0.489. The Hall–Kier alpha value is -3.50. The standard InChI is InChI=1S/C32H28BrNO2/c1-35-30-19-24(18-28(33)32(30)36-20-21-9-4-2-5-10-21)31-26-14-8-13-25(26)27-17-23(15-16-29(27)34-31)22-11-6-3-7-12-22/h2-13,15-19,25-26,31,34H,14,20H2,1H3/t25-,26-,31-/m0/s1. The van der Waals surface area contributed by atoms with E-state index in [0.29, 0.717) is 18.4 Å². The van der Waals surface area contributed by atoms with Gasteiger partial charge in [0, 0.05) is 11.6 Å². The maximum atomic E-state index is 6.18. The minimum absolute atomic E-state index is 0.174. The van der Waals surface area contributed by atoms with Gasteiger partial charge in [-0.15, -0.1) is 0 Å². The molecule has 4 aromatic carbocycles. The van der Waals surface area contributed by atoms with Crippen molar-refractivity contribution in [3.05, 3.63) is 124 Å². The molecule has 1 heterocycles. The Bertz CT molecular complexity index is 1400. The molecule has 0 aromatic heterocycles. The van der Waals surface area contributed by atoms with E-state index >= 15 is 0 Å². The smallest absolute Gasteiger partial charge is 0.175 e. The van der Waals surface area contributed by atoms with E-state index in [1.807, 2.05) is 18.2 Å². The van der Waals surface area contributed by atoms with Crippen LogP contribution in [-0.4, -0.2) is 7.11 Å². The van der Waals surface area contributed by atoms with Crippen LogP contribution < -0.4 is 14.8 Å². The highest BCUT2D eigenvalue weighted by molar-refractivity contribution is 9.10. The summed E-state index contributed by atoms with van der Waals surface area (Å²) < 4.78 is 12.9. The molecule has 4 aromatic rings. The fourth-order valence-electron chi connectivity index (χ4n) is 5.52. The van der Waals surface area contributed by atoms with Gasteiger partial charge in [0.1, 0.15) is 6.61 Å². The van der Waals surface area contributed by atoms with E-state index in [0.717, 1.165) is 28.0 Å². The van der Waals surface area contributed by atoms with E-state index in [4.69, 9.17) is 9.47 Å². The summed E-state index contributed by atoms with van der Waals surface area (Å²) in [6.07, 6.45) is 5.76. The summed E-state index contributed by atoms with van der Waals surface area (Å²) in [4.78, 5) is 0. The molecule has 0 saturated carbocycles. The first-order valence-electron chi connectivity index (χ1n) is 12.4. The molecule has 180 valence electrons. The monoisotopic (exact) mass is 537 g/mol. The number of hydrogen-bond acceptors (Lipinski definition) is 3. The van der Waals surface area contributed by atoms with Crippen molar-refractivity contribution in [2.75, 3.05) is 12.4 Å². The van der Waals surface area contributed by atoms with E-state index in [9.17, 15) is 0 Å². The molecule has 0 saturated heterocycles. The number of fused-ring (bicyclic) bond motifs is 3. The van der Waals surface area contributed by atoms with Gasteiger partial charge in [0.25, 0.3) is 0 Å². The summed E-state index contributed by atoms with van der Waals surface area (Å²) in [5.41, 5.74) is 7.41. The van der Waals surface area contributed by atoms with E-state index in [-0.39, 0.29) is 6.04 Å². The highest BCUT2D eigenvalue weighted by atomic mass is 79.9. The van der Waals surface area contributed by atoms with Crippen LogP contribution in [0.25, 0.3) is 11.1 Å². The van der Waals surface area contributed by atoms with Gasteiger partial charge in [-0.1, -0.05) is 78.9 Å². The highest BCUT2D eigenvalue weighted by Crippen LogP contribution is 2.52. The lowest BCUT2D eigenvalue weighted by molar-refractivity contribution is 0.282. The number of nitrogens with one attached hydrogen (secondary N) is 1. The predicted molar refractivity (Wildman–Crippen MR) is 150 cm³/mol. The number of rotatable bonds is 6. The summed E-state index contributed by atoms with van der Waals surface area (Å²) in [5.74, 6) is 2.30. The summed E-state index contributed by atoms with van der Waals surface area (Å²) in [5, 5.41) is 3.86. The molecule has 3 nitrogen and oxygen atoms in total. The topological polar surface area (TPSA) is 30.5 Å². The predicted octanol–water partition coefficient (Wildman–Crippen LogP) is 8.53. The number of benzene rings is 4. The molecule has 1 aliphatic heterocycles. The van der Waals surface area contributed by atoms with Crippen LogP contribution in [0.1, 0.15) is 35.1 Å². The summed E-state index contributed by atoms with van der Waals surface area (Å²) in [6, 6.07) is 32.1. The van der Waals surface area contributed by atoms with Gasteiger partial charge in [0.15, 0.2) is 11.5 Å². The van der Waals surface area contributed by atoms with Crippen molar-refractivity contribution in [2.24, 2.45) is 5.92 Å². The molecule has 4 heteroatoms. The Balaban J connectivity index is 1.31. The number of hydrogen-bond donors (Lipinski definition) is 1. The van der Waals surface area contributed by atoms with Crippen molar-refractivity contribution >= 4 is 21.6 Å². The normalized spacial score (nSPS) is 19.8. The van der Waals surface area contributed by atoms with Gasteiger partial charge in [0.05, 0.1) is 17.6 Å². The third-order valence-electron chi connectivity index (χ3n) is 7.31. The molecular formula is C32H28BrNO2. The molecule has 6 rings (SSSR count). The largest absolute Gasteiger partial charge is 0.493 e. The van der Waals surface area contributed by atoms with Gasteiger partial charge in [0.2, 0.25) is 0 Å². The second-order valence-electron chi connectivity index (χ2n) is 9.45. The van der Waals surface area contributed by atoms with Crippen LogP contribution in [0.3, 0.4) is 0 Å². The Morgan fingerprint density at radius 3 is 2.44 bits per heavy atom. The van der Waals surface area contributed by atoms with E-state index in [1.165, 1.54) is 27.9 Å². The fourth-order valence-corrected chi connectivity index (χ4v) is 6.10. The summed E-state index contributed by atoms with van der Waals surface area (Å²) >= 11 is 3.77. The molecule has 0 unspecified atom stereocenters. The second kappa shape index (κ2) is 9.87. The second-order valence-corrected chi connectivity index (χ2v) is 10.3. The number of anilines is 1. The number of methoxy groups -OCH3 is 1. The zero-order chi connectivity index (χ0) is 24.5. The van der Waals surface area contributed by atoms with Crippen LogP contribution >= 0.6 is 15.9 Å². The Morgan fingerprint density at radius 2 is 1.67 bits per heavy atom.